The SMILES string of the molecule is COc1ccc(C(=O)NCC(=O)Nc2ccc3c(c2)OCCO3)cc1OC. The van der Waals surface area contributed by atoms with Gasteiger partial charge in [0.25, 0.3) is 5.91 Å². The molecule has 0 bridgehead atoms. The Morgan fingerprint density at radius 1 is 0.963 bits per heavy atom. The molecule has 2 aromatic carbocycles. The molecule has 3 rings (SSSR count). The average molecular weight is 372 g/mol. The van der Waals surface area contributed by atoms with Crippen molar-refractivity contribution in [2.75, 3.05) is 39.3 Å². The van der Waals surface area contributed by atoms with E-state index in [1.54, 1.807) is 36.4 Å². The molecule has 1 aliphatic rings. The van der Waals surface area contributed by atoms with Crippen LogP contribution >= 0.6 is 0 Å². The summed E-state index contributed by atoms with van der Waals surface area (Å²) in [7, 11) is 3.00. The predicted molar refractivity (Wildman–Crippen MR) is 97.9 cm³/mol. The number of carbonyl (C=O) groups is 2. The summed E-state index contributed by atoms with van der Waals surface area (Å²) >= 11 is 0. The maximum absolute atomic E-state index is 12.2. The first-order valence-corrected chi connectivity index (χ1v) is 8.30. The van der Waals surface area contributed by atoms with Crippen LogP contribution in [0.4, 0.5) is 5.69 Å². The molecule has 1 heterocycles. The van der Waals surface area contributed by atoms with Crippen molar-refractivity contribution in [2.45, 2.75) is 0 Å². The summed E-state index contributed by atoms with van der Waals surface area (Å²) in [4.78, 5) is 24.3. The molecule has 142 valence electrons. The third kappa shape index (κ3) is 4.41. The Bertz CT molecular complexity index is 852. The van der Waals surface area contributed by atoms with E-state index in [9.17, 15) is 9.59 Å². The standard InChI is InChI=1S/C19H20N2O6/c1-24-14-5-3-12(9-16(14)25-2)19(23)20-11-18(22)21-13-4-6-15-17(10-13)27-8-7-26-15/h3-6,9-10H,7-8,11H2,1-2H3,(H,20,23)(H,21,22). The summed E-state index contributed by atoms with van der Waals surface area (Å²) in [5.41, 5.74) is 0.921. The molecule has 2 aromatic rings. The van der Waals surface area contributed by atoms with Crippen LogP contribution in [0.15, 0.2) is 36.4 Å². The lowest BCUT2D eigenvalue weighted by atomic mass is 10.2. The van der Waals surface area contributed by atoms with E-state index >= 15 is 0 Å². The normalized spacial score (nSPS) is 12.1. The number of carbonyl (C=O) groups excluding carboxylic acids is 2. The highest BCUT2D eigenvalue weighted by molar-refractivity contribution is 5.99. The highest BCUT2D eigenvalue weighted by Crippen LogP contribution is 2.32. The summed E-state index contributed by atoms with van der Waals surface area (Å²) in [6.07, 6.45) is 0. The summed E-state index contributed by atoms with van der Waals surface area (Å²) in [6, 6.07) is 9.89. The lowest BCUT2D eigenvalue weighted by Crippen LogP contribution is -2.32. The summed E-state index contributed by atoms with van der Waals surface area (Å²) in [6.45, 7) is 0.786. The molecular formula is C19H20N2O6. The zero-order chi connectivity index (χ0) is 19.2. The molecule has 0 fully saturated rings. The van der Waals surface area contributed by atoms with Crippen LogP contribution in [0.5, 0.6) is 23.0 Å². The van der Waals surface area contributed by atoms with E-state index in [4.69, 9.17) is 18.9 Å². The van der Waals surface area contributed by atoms with E-state index < -0.39 is 5.91 Å². The Morgan fingerprint density at radius 2 is 1.70 bits per heavy atom. The van der Waals surface area contributed by atoms with Crippen LogP contribution in [-0.4, -0.2) is 45.8 Å². The van der Waals surface area contributed by atoms with Gasteiger partial charge in [-0.15, -0.1) is 0 Å². The molecule has 0 aliphatic carbocycles. The zero-order valence-corrected chi connectivity index (χ0v) is 15.0. The van der Waals surface area contributed by atoms with Crippen molar-refractivity contribution in [3.8, 4) is 23.0 Å². The molecule has 8 nitrogen and oxygen atoms in total. The van der Waals surface area contributed by atoms with E-state index in [0.717, 1.165) is 0 Å². The molecule has 2 N–H and O–H groups in total. The highest BCUT2D eigenvalue weighted by atomic mass is 16.6. The van der Waals surface area contributed by atoms with Crippen molar-refractivity contribution in [1.82, 2.24) is 5.32 Å². The number of hydrogen-bond donors (Lipinski definition) is 2. The fraction of sp³-hybridized carbons (Fsp3) is 0.263. The smallest absolute Gasteiger partial charge is 0.251 e. The highest BCUT2D eigenvalue weighted by Gasteiger charge is 2.14. The Kier molecular flexibility index (Phi) is 5.65. The molecule has 0 radical (unpaired) electrons. The van der Waals surface area contributed by atoms with Crippen LogP contribution in [-0.2, 0) is 4.79 Å². The van der Waals surface area contributed by atoms with Crippen LogP contribution < -0.4 is 29.6 Å². The molecular weight excluding hydrogens is 352 g/mol. The minimum absolute atomic E-state index is 0.179. The number of nitrogens with one attached hydrogen (secondary N) is 2. The molecule has 0 atom stereocenters. The molecule has 0 saturated heterocycles. The maximum atomic E-state index is 12.2. The van der Waals surface area contributed by atoms with Crippen molar-refractivity contribution < 1.29 is 28.5 Å². The lowest BCUT2D eigenvalue weighted by molar-refractivity contribution is -0.115. The van der Waals surface area contributed by atoms with E-state index in [1.165, 1.54) is 14.2 Å². The monoisotopic (exact) mass is 372 g/mol. The summed E-state index contributed by atoms with van der Waals surface area (Å²) < 4.78 is 21.2. The van der Waals surface area contributed by atoms with E-state index in [1.807, 2.05) is 0 Å². The largest absolute Gasteiger partial charge is 0.493 e. The second-order valence-corrected chi connectivity index (χ2v) is 5.66. The zero-order valence-electron chi connectivity index (χ0n) is 15.0. The first-order chi connectivity index (χ1) is 13.1. The Balaban J connectivity index is 1.56. The van der Waals surface area contributed by atoms with Crippen LogP contribution in [0, 0.1) is 0 Å². The second kappa shape index (κ2) is 8.31. The average Bonchev–Trinajstić information content (AvgIpc) is 2.71. The molecule has 0 aromatic heterocycles. The number of hydrogen-bond acceptors (Lipinski definition) is 6. The molecule has 27 heavy (non-hydrogen) atoms. The molecule has 1 aliphatic heterocycles. The third-order valence-corrected chi connectivity index (χ3v) is 3.88. The van der Waals surface area contributed by atoms with Crippen molar-refractivity contribution >= 4 is 17.5 Å². The minimum atomic E-state index is -0.395. The number of ether oxygens (including phenoxy) is 4. The van der Waals surface area contributed by atoms with Gasteiger partial charge < -0.3 is 29.6 Å². The Labute approximate surface area is 156 Å². The molecule has 0 spiro atoms. The van der Waals surface area contributed by atoms with Gasteiger partial charge in [-0.25, -0.2) is 0 Å². The van der Waals surface area contributed by atoms with Gasteiger partial charge in [-0.3, -0.25) is 9.59 Å². The summed E-state index contributed by atoms with van der Waals surface area (Å²) in [5, 5.41) is 5.27. The first kappa shape index (κ1) is 18.4. The quantitative estimate of drug-likeness (QED) is 0.804. The molecule has 8 heteroatoms. The van der Waals surface area contributed by atoms with Gasteiger partial charge in [0, 0.05) is 17.3 Å². The predicted octanol–water partition coefficient (Wildman–Crippen LogP) is 1.84. The lowest BCUT2D eigenvalue weighted by Gasteiger charge is -2.19. The summed E-state index contributed by atoms with van der Waals surface area (Å²) in [5.74, 6) is 1.42. The van der Waals surface area contributed by atoms with E-state index in [-0.39, 0.29) is 12.5 Å². The van der Waals surface area contributed by atoms with Crippen LogP contribution in [0.25, 0.3) is 0 Å². The number of rotatable bonds is 6. The maximum Gasteiger partial charge on any atom is 0.251 e. The van der Waals surface area contributed by atoms with Crippen LogP contribution in [0.3, 0.4) is 0 Å². The number of benzene rings is 2. The fourth-order valence-corrected chi connectivity index (χ4v) is 2.57. The number of anilines is 1. The Hall–Kier alpha value is -3.42. The van der Waals surface area contributed by atoms with Gasteiger partial charge in [0.15, 0.2) is 23.0 Å². The van der Waals surface area contributed by atoms with Gasteiger partial charge in [-0.05, 0) is 30.3 Å². The van der Waals surface area contributed by atoms with E-state index in [2.05, 4.69) is 10.6 Å². The van der Waals surface area contributed by atoms with Crippen molar-refractivity contribution in [1.29, 1.82) is 0 Å². The number of fused-ring (bicyclic) bond motifs is 1. The van der Waals surface area contributed by atoms with Crippen LogP contribution in [0.1, 0.15) is 10.4 Å². The Morgan fingerprint density at radius 3 is 2.44 bits per heavy atom. The minimum Gasteiger partial charge on any atom is -0.493 e. The van der Waals surface area contributed by atoms with Crippen molar-refractivity contribution in [3.63, 3.8) is 0 Å². The number of methoxy groups -OCH3 is 2. The van der Waals surface area contributed by atoms with Gasteiger partial charge in [0.2, 0.25) is 5.91 Å². The number of amides is 2. The molecule has 0 unspecified atom stereocenters. The fourth-order valence-electron chi connectivity index (χ4n) is 2.57. The first-order valence-electron chi connectivity index (χ1n) is 8.30. The van der Waals surface area contributed by atoms with E-state index in [0.29, 0.717) is 47.5 Å². The van der Waals surface area contributed by atoms with Crippen molar-refractivity contribution in [3.05, 3.63) is 42.0 Å². The molecule has 2 amide bonds. The molecule has 0 saturated carbocycles. The van der Waals surface area contributed by atoms with Crippen LogP contribution in [0.2, 0.25) is 0 Å². The topological polar surface area (TPSA) is 95.1 Å². The van der Waals surface area contributed by atoms with Gasteiger partial charge in [-0.1, -0.05) is 0 Å². The van der Waals surface area contributed by atoms with Crippen molar-refractivity contribution in [2.24, 2.45) is 0 Å². The van der Waals surface area contributed by atoms with Gasteiger partial charge in [0.05, 0.1) is 20.8 Å². The van der Waals surface area contributed by atoms with Gasteiger partial charge in [0.1, 0.15) is 13.2 Å². The van der Waals surface area contributed by atoms with Gasteiger partial charge in [-0.2, -0.15) is 0 Å². The third-order valence-electron chi connectivity index (χ3n) is 3.88. The second-order valence-electron chi connectivity index (χ2n) is 5.66. The van der Waals surface area contributed by atoms with Gasteiger partial charge >= 0.3 is 0 Å².